The number of nitrogens with zero attached hydrogens (tertiary/aromatic N) is 2. The average Bonchev–Trinajstić information content (AvgIpc) is 3.23. The number of aliphatic imine (C=N–C) groups is 1. The van der Waals surface area contributed by atoms with Crippen LogP contribution >= 0.6 is 0 Å². The van der Waals surface area contributed by atoms with Crippen LogP contribution in [0, 0.1) is 11.8 Å². The van der Waals surface area contributed by atoms with Crippen molar-refractivity contribution < 1.29 is 9.53 Å². The highest BCUT2D eigenvalue weighted by Crippen LogP contribution is 2.44. The zero-order valence-electron chi connectivity index (χ0n) is 17.5. The number of likely N-dealkylation sites (N-methyl/N-ethyl adjacent to an activating group) is 1. The summed E-state index contributed by atoms with van der Waals surface area (Å²) in [5, 5.41) is 7.29. The van der Waals surface area contributed by atoms with Crippen molar-refractivity contribution in [2.45, 2.75) is 89.5 Å². The normalized spacial score (nSPS) is 33.4. The average molecular weight is 379 g/mol. The number of amides is 1. The summed E-state index contributed by atoms with van der Waals surface area (Å²) >= 11 is 0. The van der Waals surface area contributed by atoms with E-state index in [9.17, 15) is 4.79 Å². The predicted octanol–water partition coefficient (Wildman–Crippen LogP) is 2.53. The molecule has 154 valence electrons. The Morgan fingerprint density at radius 1 is 1.07 bits per heavy atom. The Balaban J connectivity index is 1.55. The van der Waals surface area contributed by atoms with E-state index in [1.165, 1.54) is 25.7 Å². The molecule has 0 aromatic heterocycles. The number of hydrogen-bond acceptors (Lipinski definition) is 3. The van der Waals surface area contributed by atoms with Crippen LogP contribution in [-0.4, -0.2) is 61.7 Å². The Morgan fingerprint density at radius 3 is 2.37 bits per heavy atom. The Hall–Kier alpha value is -1.30. The lowest BCUT2D eigenvalue weighted by atomic mass is 9.92. The van der Waals surface area contributed by atoms with Crippen LogP contribution in [-0.2, 0) is 9.53 Å². The largest absolute Gasteiger partial charge is 0.376 e. The fraction of sp³-hybridized carbons (Fsp3) is 0.905. The molecule has 6 nitrogen and oxygen atoms in total. The summed E-state index contributed by atoms with van der Waals surface area (Å²) < 4.78 is 5.97. The highest BCUT2D eigenvalue weighted by molar-refractivity contribution is 5.85. The van der Waals surface area contributed by atoms with Gasteiger partial charge < -0.3 is 20.3 Å². The summed E-state index contributed by atoms with van der Waals surface area (Å²) in [6, 6.07) is 0.932. The van der Waals surface area contributed by atoms with Crippen molar-refractivity contribution in [3.63, 3.8) is 0 Å². The lowest BCUT2D eigenvalue weighted by Crippen LogP contribution is -2.50. The summed E-state index contributed by atoms with van der Waals surface area (Å²) in [6.45, 7) is 4.42. The van der Waals surface area contributed by atoms with Crippen molar-refractivity contribution in [2.24, 2.45) is 16.8 Å². The molecule has 0 heterocycles. The molecule has 3 saturated carbocycles. The predicted molar refractivity (Wildman–Crippen MR) is 109 cm³/mol. The Kier molecular flexibility index (Phi) is 7.01. The van der Waals surface area contributed by atoms with Crippen LogP contribution in [0.4, 0.5) is 0 Å². The lowest BCUT2D eigenvalue weighted by molar-refractivity contribution is -0.127. The fourth-order valence-corrected chi connectivity index (χ4v) is 4.94. The van der Waals surface area contributed by atoms with Gasteiger partial charge in [0.15, 0.2) is 5.96 Å². The molecule has 3 rings (SSSR count). The molecule has 2 bridgehead atoms. The molecule has 3 aliphatic rings. The van der Waals surface area contributed by atoms with Gasteiger partial charge >= 0.3 is 0 Å². The zero-order chi connectivity index (χ0) is 19.4. The van der Waals surface area contributed by atoms with Gasteiger partial charge in [-0.3, -0.25) is 4.79 Å². The molecule has 0 aromatic carbocycles. The Bertz CT molecular complexity index is 526. The number of fused-ring (bicyclic) bond motifs is 2. The first-order valence-corrected chi connectivity index (χ1v) is 10.8. The maximum absolute atomic E-state index is 12.0. The van der Waals surface area contributed by atoms with E-state index in [1.807, 2.05) is 0 Å². The summed E-state index contributed by atoms with van der Waals surface area (Å²) in [5.41, 5.74) is 0. The van der Waals surface area contributed by atoms with E-state index in [-0.39, 0.29) is 12.5 Å². The smallest absolute Gasteiger partial charge is 0.243 e. The quantitative estimate of drug-likeness (QED) is 0.551. The zero-order valence-corrected chi connectivity index (χ0v) is 17.5. The fourth-order valence-electron chi connectivity index (χ4n) is 4.94. The monoisotopic (exact) mass is 378 g/mol. The van der Waals surface area contributed by atoms with Crippen LogP contribution < -0.4 is 10.6 Å². The van der Waals surface area contributed by atoms with Crippen LogP contribution in [0.25, 0.3) is 0 Å². The van der Waals surface area contributed by atoms with E-state index in [1.54, 1.807) is 19.0 Å². The molecule has 3 atom stereocenters. The van der Waals surface area contributed by atoms with Crippen molar-refractivity contribution in [2.75, 3.05) is 20.6 Å². The first kappa shape index (κ1) is 20.4. The van der Waals surface area contributed by atoms with Gasteiger partial charge in [0.2, 0.25) is 5.91 Å². The van der Waals surface area contributed by atoms with Gasteiger partial charge in [0.25, 0.3) is 0 Å². The summed E-state index contributed by atoms with van der Waals surface area (Å²) in [5.74, 6) is 2.54. The molecular weight excluding hydrogens is 340 g/mol. The van der Waals surface area contributed by atoms with Gasteiger partial charge in [0.1, 0.15) is 6.54 Å². The second-order valence-corrected chi connectivity index (χ2v) is 9.18. The van der Waals surface area contributed by atoms with E-state index in [4.69, 9.17) is 4.74 Å². The molecule has 2 N–H and O–H groups in total. The second-order valence-electron chi connectivity index (χ2n) is 9.18. The number of carbonyl (C=O) groups is 1. The van der Waals surface area contributed by atoms with Gasteiger partial charge in [-0.1, -0.05) is 6.42 Å². The molecule has 0 aliphatic heterocycles. The van der Waals surface area contributed by atoms with Crippen LogP contribution in [0.1, 0.15) is 65.2 Å². The maximum atomic E-state index is 12.0. The minimum Gasteiger partial charge on any atom is -0.376 e. The summed E-state index contributed by atoms with van der Waals surface area (Å²) in [6.07, 6.45) is 10.4. The first-order chi connectivity index (χ1) is 12.9. The van der Waals surface area contributed by atoms with E-state index < -0.39 is 0 Å². The summed E-state index contributed by atoms with van der Waals surface area (Å²) in [4.78, 5) is 18.2. The highest BCUT2D eigenvalue weighted by Gasteiger charge is 2.40. The van der Waals surface area contributed by atoms with Crippen molar-refractivity contribution in [1.82, 2.24) is 15.5 Å². The van der Waals surface area contributed by atoms with Crippen molar-refractivity contribution >= 4 is 11.9 Å². The minimum atomic E-state index is 0.0399. The van der Waals surface area contributed by atoms with Gasteiger partial charge in [-0.2, -0.15) is 0 Å². The SMILES string of the molecule is CC(C)OC1CCC(NC(=NCC(=O)N(C)C)NC2CC3CCC2C3)CC1. The Morgan fingerprint density at radius 2 is 1.81 bits per heavy atom. The minimum absolute atomic E-state index is 0.0399. The standard InChI is InChI=1S/C21H38N4O2/c1-14(2)27-18-9-7-17(8-10-18)23-21(22-13-20(26)25(3)4)24-19-12-15-5-6-16(19)11-15/h14-19H,5-13H2,1-4H3,(H2,22,23,24). The molecule has 3 unspecified atom stereocenters. The number of carbonyl (C=O) groups excluding carboxylic acids is 1. The maximum Gasteiger partial charge on any atom is 0.243 e. The van der Waals surface area contributed by atoms with Gasteiger partial charge in [-0.25, -0.2) is 4.99 Å². The van der Waals surface area contributed by atoms with E-state index >= 15 is 0 Å². The van der Waals surface area contributed by atoms with Gasteiger partial charge in [0, 0.05) is 26.2 Å². The molecule has 0 aromatic rings. The third-order valence-corrected chi connectivity index (χ3v) is 6.41. The molecule has 3 fully saturated rings. The van der Waals surface area contributed by atoms with E-state index in [0.717, 1.165) is 43.5 Å². The van der Waals surface area contributed by atoms with Crippen LogP contribution in [0.5, 0.6) is 0 Å². The Labute approximate surface area is 164 Å². The molecule has 1 amide bonds. The number of guanidine groups is 1. The number of rotatable bonds is 6. The number of hydrogen-bond donors (Lipinski definition) is 2. The topological polar surface area (TPSA) is 66.0 Å². The lowest BCUT2D eigenvalue weighted by Gasteiger charge is -2.32. The number of ether oxygens (including phenoxy) is 1. The molecule has 0 saturated heterocycles. The third kappa shape index (κ3) is 5.84. The van der Waals surface area contributed by atoms with Gasteiger partial charge in [-0.05, 0) is 70.6 Å². The highest BCUT2D eigenvalue weighted by atomic mass is 16.5. The molecular formula is C21H38N4O2. The van der Waals surface area contributed by atoms with Crippen molar-refractivity contribution in [3.8, 4) is 0 Å². The van der Waals surface area contributed by atoms with Gasteiger partial charge in [-0.15, -0.1) is 0 Å². The van der Waals surface area contributed by atoms with Crippen molar-refractivity contribution in [3.05, 3.63) is 0 Å². The van der Waals surface area contributed by atoms with Crippen LogP contribution in [0.2, 0.25) is 0 Å². The second kappa shape index (κ2) is 9.26. The first-order valence-electron chi connectivity index (χ1n) is 10.8. The summed E-state index contributed by atoms with van der Waals surface area (Å²) in [7, 11) is 3.56. The van der Waals surface area contributed by atoms with Crippen LogP contribution in [0.3, 0.4) is 0 Å². The van der Waals surface area contributed by atoms with Gasteiger partial charge in [0.05, 0.1) is 12.2 Å². The molecule has 6 heteroatoms. The third-order valence-electron chi connectivity index (χ3n) is 6.41. The molecule has 0 spiro atoms. The van der Waals surface area contributed by atoms with Crippen LogP contribution in [0.15, 0.2) is 4.99 Å². The van der Waals surface area contributed by atoms with E-state index in [2.05, 4.69) is 29.5 Å². The molecule has 27 heavy (non-hydrogen) atoms. The van der Waals surface area contributed by atoms with Crippen molar-refractivity contribution in [1.29, 1.82) is 0 Å². The number of nitrogens with one attached hydrogen (secondary N) is 2. The van der Waals surface area contributed by atoms with E-state index in [0.29, 0.717) is 24.3 Å². The molecule has 3 aliphatic carbocycles. The molecule has 0 radical (unpaired) electrons.